The van der Waals surface area contributed by atoms with Crippen LogP contribution in [0.3, 0.4) is 0 Å². The molecular weight excluding hydrogens is 244 g/mol. The number of nitrogens with one attached hydrogen (secondary N) is 1. The van der Waals surface area contributed by atoms with Crippen molar-refractivity contribution in [3.8, 4) is 0 Å². The van der Waals surface area contributed by atoms with Crippen molar-refractivity contribution in [3.05, 3.63) is 0 Å². The van der Waals surface area contributed by atoms with Crippen molar-refractivity contribution in [2.45, 2.75) is 56.4 Å². The molecule has 0 aromatic heterocycles. The van der Waals surface area contributed by atoms with E-state index in [4.69, 9.17) is 9.47 Å². The summed E-state index contributed by atoms with van der Waals surface area (Å²) < 4.78 is 11.5. The van der Waals surface area contributed by atoms with Crippen LogP contribution in [0.1, 0.15) is 38.5 Å². The Balaban J connectivity index is 1.46. The van der Waals surface area contributed by atoms with E-state index in [0.717, 1.165) is 51.9 Å². The van der Waals surface area contributed by atoms with Crippen molar-refractivity contribution in [1.29, 1.82) is 0 Å². The summed E-state index contributed by atoms with van der Waals surface area (Å²) in [6.45, 7) is 2.33. The molecule has 0 radical (unpaired) electrons. The SMILES string of the molecule is CN1CC(NC2CCC3(CC2)OCCO3)CCC1=O. The summed E-state index contributed by atoms with van der Waals surface area (Å²) in [6, 6.07) is 0.997. The molecule has 1 aliphatic carbocycles. The smallest absolute Gasteiger partial charge is 0.222 e. The lowest BCUT2D eigenvalue weighted by Crippen LogP contribution is -2.51. The Bertz CT molecular complexity index is 332. The molecule has 3 aliphatic rings. The van der Waals surface area contributed by atoms with Gasteiger partial charge >= 0.3 is 0 Å². The average molecular weight is 268 g/mol. The molecule has 2 saturated heterocycles. The van der Waals surface area contributed by atoms with Crippen molar-refractivity contribution < 1.29 is 14.3 Å². The van der Waals surface area contributed by atoms with Gasteiger partial charge in [-0.05, 0) is 19.3 Å². The van der Waals surface area contributed by atoms with Gasteiger partial charge in [-0.2, -0.15) is 0 Å². The van der Waals surface area contributed by atoms with Gasteiger partial charge in [0.2, 0.25) is 5.91 Å². The average Bonchev–Trinajstić information content (AvgIpc) is 2.86. The third-order valence-electron chi connectivity index (χ3n) is 4.66. The van der Waals surface area contributed by atoms with Gasteiger partial charge in [0.15, 0.2) is 5.79 Å². The van der Waals surface area contributed by atoms with E-state index in [-0.39, 0.29) is 11.7 Å². The lowest BCUT2D eigenvalue weighted by Gasteiger charge is -2.39. The van der Waals surface area contributed by atoms with Gasteiger partial charge in [0, 0.05) is 44.9 Å². The number of carbonyl (C=O) groups is 1. The molecule has 3 rings (SSSR count). The number of likely N-dealkylation sites (tertiary alicyclic amines) is 1. The molecule has 2 aliphatic heterocycles. The van der Waals surface area contributed by atoms with Gasteiger partial charge in [-0.1, -0.05) is 0 Å². The van der Waals surface area contributed by atoms with Crippen molar-refractivity contribution in [2.75, 3.05) is 26.8 Å². The van der Waals surface area contributed by atoms with E-state index in [2.05, 4.69) is 5.32 Å². The topological polar surface area (TPSA) is 50.8 Å². The van der Waals surface area contributed by atoms with Crippen LogP contribution in [0.25, 0.3) is 0 Å². The molecular formula is C14H24N2O3. The van der Waals surface area contributed by atoms with Gasteiger partial charge in [-0.25, -0.2) is 0 Å². The molecule has 0 aromatic carbocycles. The van der Waals surface area contributed by atoms with E-state index in [9.17, 15) is 4.79 Å². The summed E-state index contributed by atoms with van der Waals surface area (Å²) in [6.07, 6.45) is 5.84. The van der Waals surface area contributed by atoms with Crippen LogP contribution in [0.15, 0.2) is 0 Å². The van der Waals surface area contributed by atoms with E-state index in [0.29, 0.717) is 18.5 Å². The Kier molecular flexibility index (Phi) is 3.78. The minimum atomic E-state index is -0.266. The predicted molar refractivity (Wildman–Crippen MR) is 70.7 cm³/mol. The highest BCUT2D eigenvalue weighted by atomic mass is 16.7. The van der Waals surface area contributed by atoms with Gasteiger partial charge < -0.3 is 19.7 Å². The quantitative estimate of drug-likeness (QED) is 0.808. The number of likely N-dealkylation sites (N-methyl/N-ethyl adjacent to an activating group) is 1. The van der Waals surface area contributed by atoms with Crippen molar-refractivity contribution in [2.24, 2.45) is 0 Å². The molecule has 1 spiro atoms. The third kappa shape index (κ3) is 2.93. The first-order chi connectivity index (χ1) is 9.17. The molecule has 5 heteroatoms. The number of nitrogens with zero attached hydrogens (tertiary/aromatic N) is 1. The lowest BCUT2D eigenvalue weighted by molar-refractivity contribution is -0.179. The molecule has 1 N–H and O–H groups in total. The maximum absolute atomic E-state index is 11.5. The second-order valence-corrected chi connectivity index (χ2v) is 6.06. The minimum Gasteiger partial charge on any atom is -0.348 e. The van der Waals surface area contributed by atoms with Crippen molar-refractivity contribution in [1.82, 2.24) is 10.2 Å². The molecule has 1 unspecified atom stereocenters. The third-order valence-corrected chi connectivity index (χ3v) is 4.66. The van der Waals surface area contributed by atoms with Crippen LogP contribution in [0.4, 0.5) is 0 Å². The number of carbonyl (C=O) groups excluding carboxylic acids is 1. The van der Waals surface area contributed by atoms with E-state index >= 15 is 0 Å². The van der Waals surface area contributed by atoms with Crippen LogP contribution in [-0.2, 0) is 14.3 Å². The summed E-state index contributed by atoms with van der Waals surface area (Å²) in [7, 11) is 1.90. The van der Waals surface area contributed by atoms with Crippen LogP contribution in [-0.4, -0.2) is 55.5 Å². The maximum Gasteiger partial charge on any atom is 0.222 e. The summed E-state index contributed by atoms with van der Waals surface area (Å²) in [4.78, 5) is 13.3. The number of hydrogen-bond donors (Lipinski definition) is 1. The summed E-state index contributed by atoms with van der Waals surface area (Å²) in [5.41, 5.74) is 0. The highest BCUT2D eigenvalue weighted by Crippen LogP contribution is 2.35. The zero-order chi connectivity index (χ0) is 13.3. The van der Waals surface area contributed by atoms with E-state index < -0.39 is 0 Å². The van der Waals surface area contributed by atoms with Gasteiger partial charge in [-0.15, -0.1) is 0 Å². The van der Waals surface area contributed by atoms with E-state index in [1.807, 2.05) is 11.9 Å². The largest absolute Gasteiger partial charge is 0.348 e. The first kappa shape index (κ1) is 13.3. The number of ether oxygens (including phenoxy) is 2. The molecule has 2 heterocycles. The molecule has 0 bridgehead atoms. The molecule has 1 saturated carbocycles. The fourth-order valence-corrected chi connectivity index (χ4v) is 3.49. The first-order valence-electron chi connectivity index (χ1n) is 7.45. The second-order valence-electron chi connectivity index (χ2n) is 6.06. The molecule has 5 nitrogen and oxygen atoms in total. The highest BCUT2D eigenvalue weighted by Gasteiger charge is 2.40. The molecule has 1 amide bonds. The molecule has 19 heavy (non-hydrogen) atoms. The first-order valence-corrected chi connectivity index (χ1v) is 7.45. The van der Waals surface area contributed by atoms with Crippen LogP contribution >= 0.6 is 0 Å². The monoisotopic (exact) mass is 268 g/mol. The summed E-state index contributed by atoms with van der Waals surface area (Å²) >= 11 is 0. The minimum absolute atomic E-state index is 0.266. The summed E-state index contributed by atoms with van der Waals surface area (Å²) in [5.74, 6) is 0.00530. The van der Waals surface area contributed by atoms with Gasteiger partial charge in [0.1, 0.15) is 0 Å². The van der Waals surface area contributed by atoms with Crippen LogP contribution in [0.5, 0.6) is 0 Å². The Hall–Kier alpha value is -0.650. The number of piperidine rings is 1. The van der Waals surface area contributed by atoms with E-state index in [1.54, 1.807) is 0 Å². The van der Waals surface area contributed by atoms with Crippen LogP contribution in [0, 0.1) is 0 Å². The van der Waals surface area contributed by atoms with Gasteiger partial charge in [0.25, 0.3) is 0 Å². The Morgan fingerprint density at radius 3 is 2.47 bits per heavy atom. The Morgan fingerprint density at radius 1 is 1.16 bits per heavy atom. The molecule has 3 fully saturated rings. The number of hydrogen-bond acceptors (Lipinski definition) is 4. The van der Waals surface area contributed by atoms with E-state index in [1.165, 1.54) is 0 Å². The standard InChI is InChI=1S/C14H24N2O3/c1-16-10-12(2-3-13(16)17)15-11-4-6-14(7-5-11)18-8-9-19-14/h11-12,15H,2-10H2,1H3. The molecule has 0 aromatic rings. The Morgan fingerprint density at radius 2 is 1.84 bits per heavy atom. The number of rotatable bonds is 2. The fourth-order valence-electron chi connectivity index (χ4n) is 3.49. The summed E-state index contributed by atoms with van der Waals surface area (Å²) in [5, 5.41) is 3.71. The second kappa shape index (κ2) is 5.38. The molecule has 1 atom stereocenters. The van der Waals surface area contributed by atoms with Crippen molar-refractivity contribution in [3.63, 3.8) is 0 Å². The number of amides is 1. The zero-order valence-corrected chi connectivity index (χ0v) is 11.7. The predicted octanol–water partition coefficient (Wildman–Crippen LogP) is 0.882. The van der Waals surface area contributed by atoms with Crippen LogP contribution in [0.2, 0.25) is 0 Å². The van der Waals surface area contributed by atoms with Gasteiger partial charge in [-0.3, -0.25) is 4.79 Å². The maximum atomic E-state index is 11.5. The normalized spacial score (nSPS) is 32.2. The Labute approximate surface area is 114 Å². The fraction of sp³-hybridized carbons (Fsp3) is 0.929. The highest BCUT2D eigenvalue weighted by molar-refractivity contribution is 5.76. The van der Waals surface area contributed by atoms with Crippen LogP contribution < -0.4 is 5.32 Å². The van der Waals surface area contributed by atoms with Crippen molar-refractivity contribution >= 4 is 5.91 Å². The lowest BCUT2D eigenvalue weighted by atomic mass is 9.89. The van der Waals surface area contributed by atoms with Gasteiger partial charge in [0.05, 0.1) is 13.2 Å². The zero-order valence-electron chi connectivity index (χ0n) is 11.7. The molecule has 108 valence electrons.